The fourth-order valence-corrected chi connectivity index (χ4v) is 2.86. The Labute approximate surface area is 146 Å². The van der Waals surface area contributed by atoms with Crippen LogP contribution in [0.5, 0.6) is 5.75 Å². The first-order chi connectivity index (χ1) is 12.1. The quantitative estimate of drug-likeness (QED) is 0.917. The van der Waals surface area contributed by atoms with Gasteiger partial charge < -0.3 is 15.0 Å². The van der Waals surface area contributed by atoms with E-state index in [1.165, 1.54) is 12.1 Å². The van der Waals surface area contributed by atoms with Crippen LogP contribution in [0.3, 0.4) is 0 Å². The number of likely N-dealkylation sites (tertiary alicyclic amines) is 1. The first-order valence-electron chi connectivity index (χ1n) is 8.47. The first-order valence-corrected chi connectivity index (χ1v) is 8.47. The summed E-state index contributed by atoms with van der Waals surface area (Å²) >= 11 is 0. The average Bonchev–Trinajstić information content (AvgIpc) is 2.62. The molecule has 1 fully saturated rings. The Morgan fingerprint density at radius 1 is 1.28 bits per heavy atom. The van der Waals surface area contributed by atoms with E-state index < -0.39 is 0 Å². The lowest BCUT2D eigenvalue weighted by molar-refractivity contribution is 0.152. The van der Waals surface area contributed by atoms with Gasteiger partial charge in [-0.15, -0.1) is 0 Å². The molecular weight excluding hydrogens is 321 g/mol. The van der Waals surface area contributed by atoms with Crippen LogP contribution in [0.15, 0.2) is 42.6 Å². The number of piperidine rings is 1. The third-order valence-corrected chi connectivity index (χ3v) is 4.35. The van der Waals surface area contributed by atoms with Crippen molar-refractivity contribution in [3.8, 4) is 5.75 Å². The van der Waals surface area contributed by atoms with Crippen LogP contribution in [0.2, 0.25) is 0 Å². The number of halogens is 1. The number of carbonyl (C=O) groups is 1. The summed E-state index contributed by atoms with van der Waals surface area (Å²) in [5, 5.41) is 2.80. The number of hydrogen-bond acceptors (Lipinski definition) is 3. The molecule has 1 aromatic carbocycles. The van der Waals surface area contributed by atoms with Gasteiger partial charge in [-0.25, -0.2) is 9.18 Å². The second-order valence-electron chi connectivity index (χ2n) is 6.31. The van der Waals surface area contributed by atoms with Crippen LogP contribution < -0.4 is 10.1 Å². The topological polar surface area (TPSA) is 54.5 Å². The molecule has 0 saturated carbocycles. The predicted octanol–water partition coefficient (Wildman–Crippen LogP) is 3.85. The fraction of sp³-hybridized carbons (Fsp3) is 0.368. The zero-order valence-electron chi connectivity index (χ0n) is 14.2. The number of pyridine rings is 1. The van der Waals surface area contributed by atoms with E-state index in [2.05, 4.69) is 10.3 Å². The van der Waals surface area contributed by atoms with Gasteiger partial charge in [0.1, 0.15) is 11.6 Å². The molecule has 2 amide bonds. The highest BCUT2D eigenvalue weighted by atomic mass is 19.1. The van der Waals surface area contributed by atoms with E-state index in [0.717, 1.165) is 24.3 Å². The monoisotopic (exact) mass is 343 g/mol. The summed E-state index contributed by atoms with van der Waals surface area (Å²) in [6, 6.07) is 9.43. The van der Waals surface area contributed by atoms with Gasteiger partial charge in [-0.2, -0.15) is 0 Å². The minimum absolute atomic E-state index is 0.143. The Balaban J connectivity index is 1.43. The average molecular weight is 343 g/mol. The summed E-state index contributed by atoms with van der Waals surface area (Å²) < 4.78 is 18.7. The van der Waals surface area contributed by atoms with E-state index in [-0.39, 0.29) is 11.8 Å². The normalized spacial score (nSPS) is 15.0. The minimum atomic E-state index is -0.316. The first kappa shape index (κ1) is 17.2. The lowest BCUT2D eigenvalue weighted by atomic mass is 9.98. The van der Waals surface area contributed by atoms with E-state index in [1.54, 1.807) is 23.2 Å². The van der Waals surface area contributed by atoms with Gasteiger partial charge in [-0.1, -0.05) is 0 Å². The number of nitrogens with one attached hydrogen (secondary N) is 1. The Hall–Kier alpha value is -2.63. The van der Waals surface area contributed by atoms with E-state index in [4.69, 9.17) is 4.74 Å². The van der Waals surface area contributed by atoms with E-state index in [0.29, 0.717) is 31.3 Å². The molecule has 1 N–H and O–H groups in total. The van der Waals surface area contributed by atoms with E-state index in [9.17, 15) is 9.18 Å². The molecule has 0 bridgehead atoms. The number of aryl methyl sites for hydroxylation is 1. The smallest absolute Gasteiger partial charge is 0.321 e. The Morgan fingerprint density at radius 3 is 2.68 bits per heavy atom. The van der Waals surface area contributed by atoms with Crippen molar-refractivity contribution in [2.45, 2.75) is 19.8 Å². The number of benzene rings is 1. The van der Waals surface area contributed by atoms with E-state index in [1.807, 2.05) is 19.1 Å². The minimum Gasteiger partial charge on any atom is -0.493 e. The molecule has 1 aliphatic rings. The van der Waals surface area contributed by atoms with Crippen LogP contribution in [0, 0.1) is 18.7 Å². The second-order valence-corrected chi connectivity index (χ2v) is 6.31. The molecule has 1 aromatic heterocycles. The van der Waals surface area contributed by atoms with Gasteiger partial charge in [-0.3, -0.25) is 4.98 Å². The lowest BCUT2D eigenvalue weighted by Gasteiger charge is -2.31. The summed E-state index contributed by atoms with van der Waals surface area (Å²) in [4.78, 5) is 18.2. The highest BCUT2D eigenvalue weighted by Crippen LogP contribution is 2.20. The Bertz CT molecular complexity index is 713. The predicted molar refractivity (Wildman–Crippen MR) is 94.2 cm³/mol. The molecule has 132 valence electrons. The van der Waals surface area contributed by atoms with Gasteiger partial charge in [-0.05, 0) is 56.0 Å². The highest BCUT2D eigenvalue weighted by Gasteiger charge is 2.23. The Kier molecular flexibility index (Phi) is 5.48. The zero-order valence-corrected chi connectivity index (χ0v) is 14.2. The molecular formula is C19H22FN3O2. The molecule has 5 nitrogen and oxygen atoms in total. The van der Waals surface area contributed by atoms with Crippen molar-refractivity contribution >= 4 is 11.7 Å². The second kappa shape index (κ2) is 7.96. The SMILES string of the molecule is Cc1cc(OCC2CCN(C(=O)Nc3ccc(F)cc3)CC2)ccn1. The van der Waals surface area contributed by atoms with Gasteiger partial charge in [0.25, 0.3) is 0 Å². The molecule has 0 radical (unpaired) electrons. The van der Waals surface area contributed by atoms with Crippen molar-refractivity contribution in [2.24, 2.45) is 5.92 Å². The molecule has 0 atom stereocenters. The van der Waals surface area contributed by atoms with Gasteiger partial charge in [0.05, 0.1) is 6.61 Å². The zero-order chi connectivity index (χ0) is 17.6. The summed E-state index contributed by atoms with van der Waals surface area (Å²) in [6.45, 7) is 3.97. The number of hydrogen-bond donors (Lipinski definition) is 1. The molecule has 6 heteroatoms. The van der Waals surface area contributed by atoms with Crippen molar-refractivity contribution in [2.75, 3.05) is 25.0 Å². The maximum Gasteiger partial charge on any atom is 0.321 e. The van der Waals surface area contributed by atoms with Crippen molar-refractivity contribution in [1.29, 1.82) is 0 Å². The number of ether oxygens (including phenoxy) is 1. The number of nitrogens with zero attached hydrogens (tertiary/aromatic N) is 2. The van der Waals surface area contributed by atoms with E-state index >= 15 is 0 Å². The van der Waals surface area contributed by atoms with Gasteiger partial charge >= 0.3 is 6.03 Å². The van der Waals surface area contributed by atoms with Gasteiger partial charge in [0.15, 0.2) is 0 Å². The number of rotatable bonds is 4. The highest BCUT2D eigenvalue weighted by molar-refractivity contribution is 5.89. The number of amides is 2. The van der Waals surface area contributed by atoms with Crippen molar-refractivity contribution in [1.82, 2.24) is 9.88 Å². The number of aromatic nitrogens is 1. The molecule has 3 rings (SSSR count). The summed E-state index contributed by atoms with van der Waals surface area (Å²) in [7, 11) is 0. The summed E-state index contributed by atoms with van der Waals surface area (Å²) in [6.07, 6.45) is 3.55. The molecule has 0 spiro atoms. The van der Waals surface area contributed by atoms with Crippen molar-refractivity contribution in [3.05, 3.63) is 54.1 Å². The van der Waals surface area contributed by atoms with Crippen LogP contribution in [0.25, 0.3) is 0 Å². The maximum atomic E-state index is 12.9. The van der Waals surface area contributed by atoms with Gasteiger partial charge in [0.2, 0.25) is 0 Å². The number of anilines is 1. The van der Waals surface area contributed by atoms with Crippen molar-refractivity contribution < 1.29 is 13.9 Å². The summed E-state index contributed by atoms with van der Waals surface area (Å²) in [5.41, 5.74) is 1.54. The molecule has 0 aliphatic carbocycles. The number of urea groups is 1. The standard InChI is InChI=1S/C19H22FN3O2/c1-14-12-18(6-9-21-14)25-13-15-7-10-23(11-8-15)19(24)22-17-4-2-16(20)3-5-17/h2-6,9,12,15H,7-8,10-11,13H2,1H3,(H,22,24). The molecule has 1 saturated heterocycles. The third-order valence-electron chi connectivity index (χ3n) is 4.35. The summed E-state index contributed by atoms with van der Waals surface area (Å²) in [5.74, 6) is 0.954. The third kappa shape index (κ3) is 4.92. The van der Waals surface area contributed by atoms with Gasteiger partial charge in [0, 0.05) is 36.7 Å². The van der Waals surface area contributed by atoms with Crippen LogP contribution in [0.1, 0.15) is 18.5 Å². The molecule has 2 aromatic rings. The van der Waals surface area contributed by atoms with Crippen LogP contribution in [0.4, 0.5) is 14.9 Å². The number of carbonyl (C=O) groups excluding carboxylic acids is 1. The van der Waals surface area contributed by atoms with Crippen LogP contribution in [-0.2, 0) is 0 Å². The lowest BCUT2D eigenvalue weighted by Crippen LogP contribution is -2.42. The molecule has 1 aliphatic heterocycles. The molecule has 0 unspecified atom stereocenters. The Morgan fingerprint density at radius 2 is 2.00 bits per heavy atom. The van der Waals surface area contributed by atoms with Crippen LogP contribution in [-0.4, -0.2) is 35.6 Å². The maximum absolute atomic E-state index is 12.9. The van der Waals surface area contributed by atoms with Crippen molar-refractivity contribution in [3.63, 3.8) is 0 Å². The molecule has 25 heavy (non-hydrogen) atoms. The molecule has 2 heterocycles. The largest absolute Gasteiger partial charge is 0.493 e. The fourth-order valence-electron chi connectivity index (χ4n) is 2.86. The van der Waals surface area contributed by atoms with Crippen LogP contribution >= 0.6 is 0 Å².